The standard InChI is InChI=1S/C15H22N4O3/c1-9-8-10(2)17-15(16-9)19-6-4-12(5-7-19)13(20)18-11(3)14(21)22/h8,11-12H,4-7H2,1-3H3,(H,18,20)(H,21,22). The molecular formula is C15H22N4O3. The summed E-state index contributed by atoms with van der Waals surface area (Å²) in [5, 5.41) is 11.4. The van der Waals surface area contributed by atoms with Gasteiger partial charge in [0.2, 0.25) is 11.9 Å². The summed E-state index contributed by atoms with van der Waals surface area (Å²) in [6.07, 6.45) is 1.35. The Morgan fingerprint density at radius 1 is 1.27 bits per heavy atom. The Morgan fingerprint density at radius 3 is 2.32 bits per heavy atom. The molecule has 22 heavy (non-hydrogen) atoms. The molecule has 2 N–H and O–H groups in total. The Hall–Kier alpha value is -2.18. The second kappa shape index (κ2) is 6.72. The van der Waals surface area contributed by atoms with Gasteiger partial charge in [-0.3, -0.25) is 9.59 Å². The monoisotopic (exact) mass is 306 g/mol. The minimum atomic E-state index is -1.02. The number of hydrogen-bond acceptors (Lipinski definition) is 5. The summed E-state index contributed by atoms with van der Waals surface area (Å²) >= 11 is 0. The molecule has 0 radical (unpaired) electrons. The van der Waals surface area contributed by atoms with Crippen molar-refractivity contribution >= 4 is 17.8 Å². The van der Waals surface area contributed by atoms with Crippen LogP contribution in [-0.2, 0) is 9.59 Å². The van der Waals surface area contributed by atoms with Crippen LogP contribution in [0.25, 0.3) is 0 Å². The Kier molecular flexibility index (Phi) is 4.95. The lowest BCUT2D eigenvalue weighted by Gasteiger charge is -2.31. The average Bonchev–Trinajstić information content (AvgIpc) is 2.46. The Balaban J connectivity index is 1.92. The number of nitrogens with zero attached hydrogens (tertiary/aromatic N) is 3. The molecule has 2 heterocycles. The van der Waals surface area contributed by atoms with Crippen LogP contribution in [0.1, 0.15) is 31.2 Å². The number of rotatable bonds is 4. The largest absolute Gasteiger partial charge is 0.480 e. The number of carboxylic acids is 1. The van der Waals surface area contributed by atoms with Crippen molar-refractivity contribution in [2.24, 2.45) is 5.92 Å². The molecule has 0 aromatic carbocycles. The van der Waals surface area contributed by atoms with E-state index in [0.717, 1.165) is 11.4 Å². The van der Waals surface area contributed by atoms with Crippen LogP contribution >= 0.6 is 0 Å². The predicted molar refractivity (Wildman–Crippen MR) is 81.7 cm³/mol. The van der Waals surface area contributed by atoms with Crippen molar-refractivity contribution in [1.29, 1.82) is 0 Å². The molecular weight excluding hydrogens is 284 g/mol. The van der Waals surface area contributed by atoms with Gasteiger partial charge in [0, 0.05) is 30.4 Å². The molecule has 1 aliphatic heterocycles. The van der Waals surface area contributed by atoms with Gasteiger partial charge in [0.05, 0.1) is 0 Å². The molecule has 1 fully saturated rings. The summed E-state index contributed by atoms with van der Waals surface area (Å²) in [6.45, 7) is 6.74. The highest BCUT2D eigenvalue weighted by Gasteiger charge is 2.28. The van der Waals surface area contributed by atoms with E-state index < -0.39 is 12.0 Å². The van der Waals surface area contributed by atoms with Crippen molar-refractivity contribution in [3.05, 3.63) is 17.5 Å². The van der Waals surface area contributed by atoms with Crippen molar-refractivity contribution in [1.82, 2.24) is 15.3 Å². The van der Waals surface area contributed by atoms with Gasteiger partial charge in [0.15, 0.2) is 0 Å². The highest BCUT2D eigenvalue weighted by molar-refractivity contribution is 5.84. The molecule has 1 unspecified atom stereocenters. The number of aryl methyl sites for hydroxylation is 2. The molecule has 1 aromatic heterocycles. The number of piperidine rings is 1. The van der Waals surface area contributed by atoms with Gasteiger partial charge in [0.25, 0.3) is 0 Å². The summed E-state index contributed by atoms with van der Waals surface area (Å²) in [7, 11) is 0. The van der Waals surface area contributed by atoms with Gasteiger partial charge < -0.3 is 15.3 Å². The number of aromatic nitrogens is 2. The van der Waals surface area contributed by atoms with Gasteiger partial charge in [-0.25, -0.2) is 9.97 Å². The van der Waals surface area contributed by atoms with E-state index in [1.165, 1.54) is 6.92 Å². The maximum absolute atomic E-state index is 12.0. The molecule has 1 atom stereocenters. The van der Waals surface area contributed by atoms with E-state index in [4.69, 9.17) is 5.11 Å². The summed E-state index contributed by atoms with van der Waals surface area (Å²) in [5.41, 5.74) is 1.86. The summed E-state index contributed by atoms with van der Waals surface area (Å²) < 4.78 is 0. The van der Waals surface area contributed by atoms with Gasteiger partial charge in [-0.1, -0.05) is 0 Å². The Labute approximate surface area is 129 Å². The molecule has 7 nitrogen and oxygen atoms in total. The van der Waals surface area contributed by atoms with Gasteiger partial charge >= 0.3 is 5.97 Å². The molecule has 0 aliphatic carbocycles. The quantitative estimate of drug-likeness (QED) is 0.858. The van der Waals surface area contributed by atoms with Crippen molar-refractivity contribution in [3.8, 4) is 0 Å². The maximum atomic E-state index is 12.0. The first kappa shape index (κ1) is 16.2. The van der Waals surface area contributed by atoms with Crippen LogP contribution in [0.4, 0.5) is 5.95 Å². The van der Waals surface area contributed by atoms with E-state index in [0.29, 0.717) is 31.9 Å². The minimum Gasteiger partial charge on any atom is -0.480 e. The molecule has 2 rings (SSSR count). The molecule has 0 bridgehead atoms. The van der Waals surface area contributed by atoms with Crippen LogP contribution in [0.5, 0.6) is 0 Å². The number of carboxylic acid groups (broad SMARTS) is 1. The number of amides is 1. The first-order valence-corrected chi connectivity index (χ1v) is 7.47. The van der Waals surface area contributed by atoms with E-state index in [2.05, 4.69) is 20.2 Å². The van der Waals surface area contributed by atoms with Gasteiger partial charge in [-0.05, 0) is 39.7 Å². The van der Waals surface area contributed by atoms with Crippen molar-refractivity contribution in [3.63, 3.8) is 0 Å². The number of aliphatic carboxylic acids is 1. The maximum Gasteiger partial charge on any atom is 0.325 e. The van der Waals surface area contributed by atoms with Crippen molar-refractivity contribution in [2.45, 2.75) is 39.7 Å². The lowest BCUT2D eigenvalue weighted by atomic mass is 9.96. The molecule has 120 valence electrons. The van der Waals surface area contributed by atoms with Crippen LogP contribution < -0.4 is 10.2 Å². The second-order valence-electron chi connectivity index (χ2n) is 5.78. The van der Waals surface area contributed by atoms with Crippen molar-refractivity contribution < 1.29 is 14.7 Å². The molecule has 1 aromatic rings. The third-order valence-electron chi connectivity index (χ3n) is 3.85. The SMILES string of the molecule is Cc1cc(C)nc(N2CCC(C(=O)NC(C)C(=O)O)CC2)n1. The number of carbonyl (C=O) groups excluding carboxylic acids is 1. The van der Waals surface area contributed by atoms with Crippen LogP contribution in [0.15, 0.2) is 6.07 Å². The Bertz CT molecular complexity index is 548. The zero-order valence-corrected chi connectivity index (χ0v) is 13.2. The van der Waals surface area contributed by atoms with E-state index in [-0.39, 0.29) is 11.8 Å². The molecule has 1 amide bonds. The number of anilines is 1. The van der Waals surface area contributed by atoms with Gasteiger partial charge in [0.1, 0.15) is 6.04 Å². The molecule has 1 aliphatic rings. The summed E-state index contributed by atoms with van der Waals surface area (Å²) in [5.74, 6) is -0.649. The molecule has 7 heteroatoms. The van der Waals surface area contributed by atoms with Crippen LogP contribution in [0.3, 0.4) is 0 Å². The number of carbonyl (C=O) groups is 2. The minimum absolute atomic E-state index is 0.149. The average molecular weight is 306 g/mol. The van der Waals surface area contributed by atoms with Gasteiger partial charge in [-0.2, -0.15) is 0 Å². The van der Waals surface area contributed by atoms with Crippen molar-refractivity contribution in [2.75, 3.05) is 18.0 Å². The lowest BCUT2D eigenvalue weighted by molar-refractivity contribution is -0.142. The zero-order chi connectivity index (χ0) is 16.3. The number of hydrogen-bond donors (Lipinski definition) is 2. The number of nitrogens with one attached hydrogen (secondary N) is 1. The third-order valence-corrected chi connectivity index (χ3v) is 3.85. The fourth-order valence-electron chi connectivity index (χ4n) is 2.58. The topological polar surface area (TPSA) is 95.4 Å². The fourth-order valence-corrected chi connectivity index (χ4v) is 2.58. The van der Waals surface area contributed by atoms with E-state index in [1.54, 1.807) is 0 Å². The van der Waals surface area contributed by atoms with E-state index in [9.17, 15) is 9.59 Å². The van der Waals surface area contributed by atoms with E-state index >= 15 is 0 Å². The highest BCUT2D eigenvalue weighted by atomic mass is 16.4. The molecule has 0 saturated carbocycles. The van der Waals surface area contributed by atoms with E-state index in [1.807, 2.05) is 19.9 Å². The molecule has 0 spiro atoms. The lowest BCUT2D eigenvalue weighted by Crippen LogP contribution is -2.45. The van der Waals surface area contributed by atoms with Gasteiger partial charge in [-0.15, -0.1) is 0 Å². The molecule has 1 saturated heterocycles. The van der Waals surface area contributed by atoms with Crippen LogP contribution in [0.2, 0.25) is 0 Å². The Morgan fingerprint density at radius 2 is 1.82 bits per heavy atom. The first-order chi connectivity index (χ1) is 10.4. The summed E-state index contributed by atoms with van der Waals surface area (Å²) in [4.78, 5) is 33.8. The second-order valence-corrected chi connectivity index (χ2v) is 5.78. The summed E-state index contributed by atoms with van der Waals surface area (Å²) in [6, 6.07) is 1.07. The third kappa shape index (κ3) is 3.93. The zero-order valence-electron chi connectivity index (χ0n) is 13.2. The normalized spacial score (nSPS) is 17.1. The highest BCUT2D eigenvalue weighted by Crippen LogP contribution is 2.21. The van der Waals surface area contributed by atoms with Crippen LogP contribution in [0, 0.1) is 19.8 Å². The first-order valence-electron chi connectivity index (χ1n) is 7.47. The van der Waals surface area contributed by atoms with Crippen LogP contribution in [-0.4, -0.2) is 46.1 Å². The smallest absolute Gasteiger partial charge is 0.325 e. The predicted octanol–water partition coefficient (Wildman–Crippen LogP) is 0.899. The fraction of sp³-hybridized carbons (Fsp3) is 0.600.